The molecular weight excluding hydrogens is 484 g/mol. The molecule has 0 radical (unpaired) electrons. The molecular formula is C24H31F2N9O2. The molecule has 11 nitrogen and oxygen atoms in total. The van der Waals surface area contributed by atoms with Gasteiger partial charge in [0.15, 0.2) is 5.82 Å². The predicted octanol–water partition coefficient (Wildman–Crippen LogP) is 2.57. The first-order chi connectivity index (χ1) is 17.7. The van der Waals surface area contributed by atoms with Crippen molar-refractivity contribution >= 4 is 29.0 Å². The highest BCUT2D eigenvalue weighted by atomic mass is 19.3. The van der Waals surface area contributed by atoms with Crippen LogP contribution in [-0.4, -0.2) is 106 Å². The van der Waals surface area contributed by atoms with Crippen LogP contribution in [0.1, 0.15) is 26.1 Å². The van der Waals surface area contributed by atoms with Crippen molar-refractivity contribution in [3.05, 3.63) is 30.1 Å². The van der Waals surface area contributed by atoms with E-state index in [0.29, 0.717) is 62.3 Å². The molecule has 2 atom stereocenters. The van der Waals surface area contributed by atoms with Gasteiger partial charge in [0, 0.05) is 46.8 Å². The molecule has 1 aromatic carbocycles. The summed E-state index contributed by atoms with van der Waals surface area (Å²) in [5, 5.41) is 0. The number of fused-ring (bicyclic) bond motifs is 1. The average molecular weight is 516 g/mol. The SMILES string of the molecule is C[C@@H]1OCCN(c2nc(N3CCN(C(=O)N(C)C)CC3)nc(-n3c(C(F)F)nc4ccccc43)n2)[C@H]1C. The Bertz CT molecular complexity index is 1280. The number of imidazole rings is 1. The van der Waals surface area contributed by atoms with E-state index in [1.54, 1.807) is 48.2 Å². The van der Waals surface area contributed by atoms with Crippen LogP contribution in [0, 0.1) is 0 Å². The number of hydrogen-bond donors (Lipinski definition) is 0. The van der Waals surface area contributed by atoms with Gasteiger partial charge in [-0.15, -0.1) is 0 Å². The molecule has 0 aliphatic carbocycles. The topological polar surface area (TPSA) is 95.8 Å². The lowest BCUT2D eigenvalue weighted by Crippen LogP contribution is -2.52. The molecule has 2 fully saturated rings. The van der Waals surface area contributed by atoms with Gasteiger partial charge in [0.1, 0.15) is 0 Å². The maximum absolute atomic E-state index is 14.1. The fourth-order valence-electron chi connectivity index (χ4n) is 4.71. The number of ether oxygens (including phenoxy) is 1. The minimum absolute atomic E-state index is 0.0273. The summed E-state index contributed by atoms with van der Waals surface area (Å²) in [5.74, 6) is 0.435. The van der Waals surface area contributed by atoms with Gasteiger partial charge in [0.25, 0.3) is 6.43 Å². The van der Waals surface area contributed by atoms with E-state index in [2.05, 4.69) is 15.0 Å². The number of alkyl halides is 2. The number of aromatic nitrogens is 5. The van der Waals surface area contributed by atoms with Gasteiger partial charge in [-0.1, -0.05) is 12.1 Å². The standard InChI is InChI=1S/C24H31F2N9O2/c1-15-16(2)37-14-13-34(15)22-28-21(32-9-11-33(12-10-32)24(36)31(3)4)29-23(30-22)35-18-8-6-5-7-17(18)27-20(35)19(25)26/h5-8,15-16,19H,9-14H2,1-4H3/t15-,16-/m0/s1. The van der Waals surface area contributed by atoms with Crippen LogP contribution < -0.4 is 9.80 Å². The van der Waals surface area contributed by atoms with Gasteiger partial charge >= 0.3 is 6.03 Å². The Morgan fingerprint density at radius 3 is 2.35 bits per heavy atom. The summed E-state index contributed by atoms with van der Waals surface area (Å²) in [5.41, 5.74) is 0.927. The number of nitrogens with zero attached hydrogens (tertiary/aromatic N) is 9. The van der Waals surface area contributed by atoms with Crippen LogP contribution in [0.4, 0.5) is 25.5 Å². The zero-order valence-electron chi connectivity index (χ0n) is 21.4. The molecule has 0 spiro atoms. The third-order valence-corrected chi connectivity index (χ3v) is 6.94. The molecule has 13 heteroatoms. The van der Waals surface area contributed by atoms with E-state index < -0.39 is 12.2 Å². The van der Waals surface area contributed by atoms with Crippen molar-refractivity contribution in [1.82, 2.24) is 34.3 Å². The average Bonchev–Trinajstić information content (AvgIpc) is 3.30. The Hall–Kier alpha value is -3.61. The van der Waals surface area contributed by atoms with E-state index in [0.717, 1.165) is 0 Å². The second-order valence-corrected chi connectivity index (χ2v) is 9.49. The van der Waals surface area contributed by atoms with Crippen molar-refractivity contribution in [3.8, 4) is 5.95 Å². The first kappa shape index (κ1) is 25.1. The number of rotatable bonds is 4. The Kier molecular flexibility index (Phi) is 6.80. The van der Waals surface area contributed by atoms with E-state index in [9.17, 15) is 13.6 Å². The lowest BCUT2D eigenvalue weighted by molar-refractivity contribution is 0.0277. The minimum Gasteiger partial charge on any atom is -0.375 e. The summed E-state index contributed by atoms with van der Waals surface area (Å²) in [4.78, 5) is 38.0. The number of halogens is 2. The predicted molar refractivity (Wildman–Crippen MR) is 135 cm³/mol. The Morgan fingerprint density at radius 1 is 0.973 bits per heavy atom. The van der Waals surface area contributed by atoms with Gasteiger partial charge in [-0.2, -0.15) is 15.0 Å². The third kappa shape index (κ3) is 4.75. The molecule has 0 saturated carbocycles. The van der Waals surface area contributed by atoms with Crippen LogP contribution in [0.25, 0.3) is 17.0 Å². The fourth-order valence-corrected chi connectivity index (χ4v) is 4.71. The smallest absolute Gasteiger partial charge is 0.319 e. The first-order valence-corrected chi connectivity index (χ1v) is 12.4. The highest BCUT2D eigenvalue weighted by Gasteiger charge is 2.31. The number of amides is 2. The molecule has 2 aromatic heterocycles. The van der Waals surface area contributed by atoms with E-state index in [4.69, 9.17) is 9.72 Å². The van der Waals surface area contributed by atoms with E-state index in [1.165, 1.54) is 4.57 Å². The van der Waals surface area contributed by atoms with E-state index in [-0.39, 0.29) is 24.1 Å². The highest BCUT2D eigenvalue weighted by Crippen LogP contribution is 2.29. The van der Waals surface area contributed by atoms with Crippen LogP contribution in [0.15, 0.2) is 24.3 Å². The molecule has 0 unspecified atom stereocenters. The Morgan fingerprint density at radius 2 is 1.65 bits per heavy atom. The number of hydrogen-bond acceptors (Lipinski definition) is 8. The maximum Gasteiger partial charge on any atom is 0.319 e. The van der Waals surface area contributed by atoms with Crippen LogP contribution in [0.3, 0.4) is 0 Å². The summed E-state index contributed by atoms with van der Waals surface area (Å²) >= 11 is 0. The summed E-state index contributed by atoms with van der Waals surface area (Å²) in [7, 11) is 3.44. The van der Waals surface area contributed by atoms with Crippen LogP contribution in [0.5, 0.6) is 0 Å². The molecule has 4 heterocycles. The second kappa shape index (κ2) is 10.0. The zero-order chi connectivity index (χ0) is 26.3. The van der Waals surface area contributed by atoms with Crippen LogP contribution in [0.2, 0.25) is 0 Å². The molecule has 37 heavy (non-hydrogen) atoms. The molecule has 5 rings (SSSR count). The molecule has 0 bridgehead atoms. The minimum atomic E-state index is -2.82. The Labute approximate surface area is 213 Å². The number of carbonyl (C=O) groups is 1. The zero-order valence-corrected chi connectivity index (χ0v) is 21.4. The van der Waals surface area contributed by atoms with Gasteiger partial charge in [-0.05, 0) is 26.0 Å². The van der Waals surface area contributed by atoms with Gasteiger partial charge in [-0.25, -0.2) is 18.6 Å². The number of para-hydroxylation sites is 2. The quantitative estimate of drug-likeness (QED) is 0.523. The van der Waals surface area contributed by atoms with Crippen molar-refractivity contribution in [3.63, 3.8) is 0 Å². The molecule has 0 N–H and O–H groups in total. The van der Waals surface area contributed by atoms with Crippen LogP contribution in [-0.2, 0) is 4.74 Å². The largest absolute Gasteiger partial charge is 0.375 e. The third-order valence-electron chi connectivity index (χ3n) is 6.94. The van der Waals surface area contributed by atoms with Crippen molar-refractivity contribution in [2.45, 2.75) is 32.4 Å². The van der Waals surface area contributed by atoms with Crippen molar-refractivity contribution in [2.75, 3.05) is 63.2 Å². The molecule has 3 aromatic rings. The van der Waals surface area contributed by atoms with Gasteiger partial charge in [0.2, 0.25) is 17.8 Å². The highest BCUT2D eigenvalue weighted by molar-refractivity contribution is 5.78. The number of carbonyl (C=O) groups excluding carboxylic acids is 1. The number of benzene rings is 1. The molecule has 2 aliphatic rings. The summed E-state index contributed by atoms with van der Waals surface area (Å²) in [6.07, 6.45) is -2.87. The fraction of sp³-hybridized carbons (Fsp3) is 0.542. The normalized spacial score (nSPS) is 20.7. The van der Waals surface area contributed by atoms with Gasteiger partial charge in [0.05, 0.1) is 29.8 Å². The van der Waals surface area contributed by atoms with Crippen LogP contribution >= 0.6 is 0 Å². The monoisotopic (exact) mass is 515 g/mol. The van der Waals surface area contributed by atoms with Crippen molar-refractivity contribution in [2.24, 2.45) is 0 Å². The van der Waals surface area contributed by atoms with Crippen molar-refractivity contribution < 1.29 is 18.3 Å². The number of urea groups is 1. The number of anilines is 2. The summed E-state index contributed by atoms with van der Waals surface area (Å²) in [6, 6.07) is 6.85. The molecule has 2 amide bonds. The lowest BCUT2D eigenvalue weighted by atomic mass is 10.1. The van der Waals surface area contributed by atoms with Crippen molar-refractivity contribution in [1.29, 1.82) is 0 Å². The number of piperazine rings is 1. The lowest BCUT2D eigenvalue weighted by Gasteiger charge is -2.39. The van der Waals surface area contributed by atoms with Gasteiger partial charge in [-0.3, -0.25) is 4.57 Å². The summed E-state index contributed by atoms with van der Waals surface area (Å²) in [6.45, 7) is 7.07. The molecule has 2 aliphatic heterocycles. The van der Waals surface area contributed by atoms with E-state index >= 15 is 0 Å². The molecule has 2 saturated heterocycles. The number of morpholine rings is 1. The first-order valence-electron chi connectivity index (χ1n) is 12.4. The summed E-state index contributed by atoms with van der Waals surface area (Å²) < 4.78 is 35.3. The van der Waals surface area contributed by atoms with Gasteiger partial charge < -0.3 is 24.3 Å². The van der Waals surface area contributed by atoms with E-state index in [1.807, 2.05) is 23.6 Å². The molecule has 198 valence electrons. The second-order valence-electron chi connectivity index (χ2n) is 9.49. The maximum atomic E-state index is 14.1. The Balaban J connectivity index is 1.59.